The smallest absolute Gasteiger partial charge is 0.345 e. The Morgan fingerprint density at radius 1 is 1.33 bits per heavy atom. The molecular weight excluding hydrogens is 250 g/mol. The van der Waals surface area contributed by atoms with Crippen molar-refractivity contribution in [2.24, 2.45) is 0 Å². The maximum atomic E-state index is 10.9. The monoisotopic (exact) mass is 263 g/mol. The van der Waals surface area contributed by atoms with Crippen molar-refractivity contribution in [3.05, 3.63) is 34.7 Å². The molecule has 0 bridgehead atoms. The zero-order chi connectivity index (χ0) is 13.3. The van der Waals surface area contributed by atoms with Crippen molar-refractivity contribution in [2.45, 2.75) is 6.92 Å². The van der Waals surface area contributed by atoms with Gasteiger partial charge in [-0.2, -0.15) is 0 Å². The average Bonchev–Trinajstić information content (AvgIpc) is 2.81. The van der Waals surface area contributed by atoms with Crippen LogP contribution in [0.2, 0.25) is 0 Å². The van der Waals surface area contributed by atoms with Gasteiger partial charge in [0.05, 0.1) is 5.69 Å². The Balaban J connectivity index is 2.55. The number of nitrogens with one attached hydrogen (secondary N) is 1. The van der Waals surface area contributed by atoms with E-state index in [1.54, 1.807) is 19.2 Å². The Morgan fingerprint density at radius 3 is 2.61 bits per heavy atom. The number of hydrogen-bond donors (Lipinski definition) is 3. The number of carboxylic acids is 1. The number of aryl methyl sites for hydroxylation is 1. The molecule has 0 fully saturated rings. The first-order chi connectivity index (χ1) is 8.52. The van der Waals surface area contributed by atoms with E-state index in [0.717, 1.165) is 21.8 Å². The normalized spacial score (nSPS) is 10.3. The first-order valence-electron chi connectivity index (χ1n) is 5.37. The molecule has 0 amide bonds. The van der Waals surface area contributed by atoms with E-state index in [0.29, 0.717) is 11.3 Å². The van der Waals surface area contributed by atoms with E-state index < -0.39 is 5.97 Å². The van der Waals surface area contributed by atoms with Gasteiger partial charge in [-0.3, -0.25) is 0 Å². The van der Waals surface area contributed by atoms with Gasteiger partial charge in [-0.25, -0.2) is 4.79 Å². The molecule has 2 rings (SSSR count). The predicted octanol–water partition coefficient (Wildman–Crippen LogP) is 3.17. The van der Waals surface area contributed by atoms with Crippen LogP contribution in [-0.4, -0.2) is 23.2 Å². The first kappa shape index (κ1) is 12.4. The highest BCUT2D eigenvalue weighted by Gasteiger charge is 2.14. The van der Waals surface area contributed by atoms with Gasteiger partial charge in [0.15, 0.2) is 0 Å². The molecule has 0 aliphatic carbocycles. The summed E-state index contributed by atoms with van der Waals surface area (Å²) in [6.07, 6.45) is 0. The summed E-state index contributed by atoms with van der Waals surface area (Å²) in [5, 5.41) is 21.9. The van der Waals surface area contributed by atoms with Crippen LogP contribution < -0.4 is 5.32 Å². The molecule has 2 aromatic rings. The molecule has 0 atom stereocenters. The van der Waals surface area contributed by atoms with Crippen molar-refractivity contribution < 1.29 is 15.0 Å². The number of aromatic carboxylic acids is 1. The molecule has 1 aromatic heterocycles. The van der Waals surface area contributed by atoms with E-state index in [9.17, 15) is 9.90 Å². The van der Waals surface area contributed by atoms with Crippen molar-refractivity contribution in [3.8, 4) is 16.2 Å². The highest BCUT2D eigenvalue weighted by atomic mass is 32.1. The van der Waals surface area contributed by atoms with Crippen LogP contribution in [-0.2, 0) is 0 Å². The lowest BCUT2D eigenvalue weighted by Crippen LogP contribution is -1.91. The molecule has 4 nitrogen and oxygen atoms in total. The Morgan fingerprint density at radius 2 is 2.06 bits per heavy atom. The summed E-state index contributed by atoms with van der Waals surface area (Å²) in [6.45, 7) is 1.93. The van der Waals surface area contributed by atoms with Gasteiger partial charge in [0.2, 0.25) is 0 Å². The Kier molecular flexibility index (Phi) is 3.25. The predicted molar refractivity (Wildman–Crippen MR) is 72.7 cm³/mol. The average molecular weight is 263 g/mol. The minimum absolute atomic E-state index is 0.141. The molecule has 1 aromatic carbocycles. The maximum absolute atomic E-state index is 10.9. The molecule has 0 spiro atoms. The molecule has 1 heterocycles. The molecule has 0 aliphatic rings. The summed E-state index contributed by atoms with van der Waals surface area (Å²) >= 11 is 1.15. The third-order valence-corrected chi connectivity index (χ3v) is 3.71. The highest BCUT2D eigenvalue weighted by Crippen LogP contribution is 2.39. The summed E-state index contributed by atoms with van der Waals surface area (Å²) in [5.74, 6) is -0.811. The molecule has 94 valence electrons. The van der Waals surface area contributed by atoms with Gasteiger partial charge in [0, 0.05) is 17.5 Å². The molecule has 3 N–H and O–H groups in total. The topological polar surface area (TPSA) is 69.6 Å². The number of thiophene rings is 1. The quantitative estimate of drug-likeness (QED) is 0.744. The van der Waals surface area contributed by atoms with Gasteiger partial charge >= 0.3 is 5.97 Å². The van der Waals surface area contributed by atoms with Gasteiger partial charge in [-0.05, 0) is 36.8 Å². The highest BCUT2D eigenvalue weighted by molar-refractivity contribution is 7.17. The van der Waals surface area contributed by atoms with Crippen LogP contribution in [0, 0.1) is 6.92 Å². The largest absolute Gasteiger partial charge is 0.505 e. The SMILES string of the molecule is CNc1cc(C)cc(-c2ccc(C(=O)O)s2)c1O. The van der Waals surface area contributed by atoms with E-state index in [2.05, 4.69) is 5.32 Å². The Hall–Kier alpha value is -2.01. The molecular formula is C13H13NO3S. The second kappa shape index (κ2) is 4.70. The molecule has 5 heteroatoms. The molecule has 0 radical (unpaired) electrons. The van der Waals surface area contributed by atoms with E-state index in [1.165, 1.54) is 0 Å². The van der Waals surface area contributed by atoms with Crippen molar-refractivity contribution in [2.75, 3.05) is 12.4 Å². The van der Waals surface area contributed by atoms with Gasteiger partial charge in [0.1, 0.15) is 10.6 Å². The van der Waals surface area contributed by atoms with Gasteiger partial charge in [0.25, 0.3) is 0 Å². The minimum Gasteiger partial charge on any atom is -0.505 e. The number of carboxylic acid groups (broad SMARTS) is 1. The number of hydrogen-bond acceptors (Lipinski definition) is 4. The fourth-order valence-electron chi connectivity index (χ4n) is 1.75. The third-order valence-electron chi connectivity index (χ3n) is 2.61. The molecule has 0 unspecified atom stereocenters. The maximum Gasteiger partial charge on any atom is 0.345 e. The molecule has 0 aliphatic heterocycles. The fraction of sp³-hybridized carbons (Fsp3) is 0.154. The number of anilines is 1. The van der Waals surface area contributed by atoms with Gasteiger partial charge in [-0.15, -0.1) is 11.3 Å². The number of benzene rings is 1. The van der Waals surface area contributed by atoms with Crippen LogP contribution in [0.15, 0.2) is 24.3 Å². The molecule has 0 saturated carbocycles. The molecule has 18 heavy (non-hydrogen) atoms. The van der Waals surface area contributed by atoms with Gasteiger partial charge in [-0.1, -0.05) is 0 Å². The summed E-state index contributed by atoms with van der Waals surface area (Å²) in [6, 6.07) is 6.93. The van der Waals surface area contributed by atoms with Crippen molar-refractivity contribution >= 4 is 23.0 Å². The zero-order valence-electron chi connectivity index (χ0n) is 10.0. The van der Waals surface area contributed by atoms with E-state index in [-0.39, 0.29) is 10.6 Å². The standard InChI is InChI=1S/C13H13NO3S/c1-7-5-8(12(15)9(6-7)14-2)10-3-4-11(18-10)13(16)17/h3-6,14-15H,1-2H3,(H,16,17). The first-order valence-corrected chi connectivity index (χ1v) is 6.19. The fourth-order valence-corrected chi connectivity index (χ4v) is 2.62. The number of aromatic hydroxyl groups is 1. The van der Waals surface area contributed by atoms with E-state index in [4.69, 9.17) is 5.11 Å². The summed E-state index contributed by atoms with van der Waals surface area (Å²) in [7, 11) is 1.73. The van der Waals surface area contributed by atoms with Crippen LogP contribution in [0.4, 0.5) is 5.69 Å². The van der Waals surface area contributed by atoms with Crippen molar-refractivity contribution in [1.82, 2.24) is 0 Å². The van der Waals surface area contributed by atoms with E-state index in [1.807, 2.05) is 19.1 Å². The van der Waals surface area contributed by atoms with Crippen LogP contribution >= 0.6 is 11.3 Å². The number of phenols is 1. The summed E-state index contributed by atoms with van der Waals surface area (Å²) < 4.78 is 0. The second-order valence-electron chi connectivity index (χ2n) is 3.93. The number of phenolic OH excluding ortho intramolecular Hbond substituents is 1. The molecule has 0 saturated heterocycles. The lowest BCUT2D eigenvalue weighted by molar-refractivity contribution is 0.0702. The van der Waals surface area contributed by atoms with Gasteiger partial charge < -0.3 is 15.5 Å². The Bertz CT molecular complexity index is 604. The third kappa shape index (κ3) is 2.17. The van der Waals surface area contributed by atoms with Crippen LogP contribution in [0.3, 0.4) is 0 Å². The lowest BCUT2D eigenvalue weighted by Gasteiger charge is -2.09. The summed E-state index contributed by atoms with van der Waals surface area (Å²) in [5.41, 5.74) is 2.28. The van der Waals surface area contributed by atoms with Crippen LogP contribution in [0.1, 0.15) is 15.2 Å². The summed E-state index contributed by atoms with van der Waals surface area (Å²) in [4.78, 5) is 11.9. The van der Waals surface area contributed by atoms with Crippen molar-refractivity contribution in [3.63, 3.8) is 0 Å². The van der Waals surface area contributed by atoms with Crippen LogP contribution in [0.25, 0.3) is 10.4 Å². The van der Waals surface area contributed by atoms with Crippen LogP contribution in [0.5, 0.6) is 5.75 Å². The zero-order valence-corrected chi connectivity index (χ0v) is 10.8. The number of carbonyl (C=O) groups is 1. The van der Waals surface area contributed by atoms with E-state index >= 15 is 0 Å². The minimum atomic E-state index is -0.952. The lowest BCUT2D eigenvalue weighted by atomic mass is 10.1. The van der Waals surface area contributed by atoms with Crippen molar-refractivity contribution in [1.29, 1.82) is 0 Å². The number of rotatable bonds is 3. The Labute approximate surface area is 109 Å². The second-order valence-corrected chi connectivity index (χ2v) is 5.01.